The second kappa shape index (κ2) is 5.60. The number of halogens is 2. The fraction of sp³-hybridized carbons (Fsp3) is 0.417. The third-order valence-corrected chi connectivity index (χ3v) is 2.67. The Bertz CT molecular complexity index is 443. The number of hydrogen-bond acceptors (Lipinski definition) is 3. The van der Waals surface area contributed by atoms with Gasteiger partial charge in [0, 0.05) is 17.7 Å². The maximum Gasteiger partial charge on any atom is 0.165 e. The molecule has 0 heterocycles. The smallest absolute Gasteiger partial charge is 0.165 e. The van der Waals surface area contributed by atoms with Crippen LogP contribution in [-0.2, 0) is 0 Å². The zero-order valence-corrected chi connectivity index (χ0v) is 9.71. The summed E-state index contributed by atoms with van der Waals surface area (Å²) in [4.78, 5) is 0. The van der Waals surface area contributed by atoms with Gasteiger partial charge in [-0.05, 0) is 12.5 Å². The van der Waals surface area contributed by atoms with E-state index in [0.717, 1.165) is 12.1 Å². The van der Waals surface area contributed by atoms with E-state index >= 15 is 0 Å². The van der Waals surface area contributed by atoms with E-state index < -0.39 is 23.6 Å². The summed E-state index contributed by atoms with van der Waals surface area (Å²) in [5, 5.41) is 8.85. The van der Waals surface area contributed by atoms with E-state index in [2.05, 4.69) is 4.74 Å². The van der Waals surface area contributed by atoms with Gasteiger partial charge in [0.2, 0.25) is 0 Å². The van der Waals surface area contributed by atoms with Crippen molar-refractivity contribution < 1.29 is 13.5 Å². The van der Waals surface area contributed by atoms with Crippen molar-refractivity contribution in [3.8, 4) is 11.8 Å². The molecule has 0 aliphatic rings. The fourth-order valence-corrected chi connectivity index (χ4v) is 1.60. The first-order valence-electron chi connectivity index (χ1n) is 5.23. The monoisotopic (exact) mass is 240 g/mol. The lowest BCUT2D eigenvalue weighted by molar-refractivity contribution is 0.379. The van der Waals surface area contributed by atoms with Crippen LogP contribution in [0.1, 0.15) is 24.9 Å². The lowest BCUT2D eigenvalue weighted by Crippen LogP contribution is -2.21. The van der Waals surface area contributed by atoms with Gasteiger partial charge in [-0.1, -0.05) is 6.92 Å². The molecule has 17 heavy (non-hydrogen) atoms. The lowest BCUT2D eigenvalue weighted by atomic mass is 9.92. The van der Waals surface area contributed by atoms with E-state index in [9.17, 15) is 8.78 Å². The number of hydrogen-bond donors (Lipinski definition) is 1. The van der Waals surface area contributed by atoms with Crippen LogP contribution in [0.3, 0.4) is 0 Å². The van der Waals surface area contributed by atoms with E-state index in [-0.39, 0.29) is 11.3 Å². The third-order valence-electron chi connectivity index (χ3n) is 2.67. The molecule has 1 rings (SSSR count). The molecule has 2 unspecified atom stereocenters. The van der Waals surface area contributed by atoms with Crippen LogP contribution in [0.4, 0.5) is 8.78 Å². The molecule has 0 amide bonds. The number of nitrogens with two attached hydrogens (primary N) is 1. The molecule has 92 valence electrons. The molecule has 1 aromatic rings. The van der Waals surface area contributed by atoms with Gasteiger partial charge in [0.25, 0.3) is 0 Å². The van der Waals surface area contributed by atoms with Gasteiger partial charge in [0.15, 0.2) is 11.6 Å². The van der Waals surface area contributed by atoms with E-state index in [1.807, 2.05) is 6.07 Å². The molecule has 0 aliphatic heterocycles. The normalized spacial score (nSPS) is 13.9. The highest BCUT2D eigenvalue weighted by atomic mass is 19.1. The Kier molecular flexibility index (Phi) is 4.41. The average Bonchev–Trinajstić information content (AvgIpc) is 2.32. The van der Waals surface area contributed by atoms with Crippen molar-refractivity contribution in [2.24, 2.45) is 11.7 Å². The van der Waals surface area contributed by atoms with E-state index in [1.54, 1.807) is 6.92 Å². The predicted octanol–water partition coefficient (Wildman–Crippen LogP) is 2.52. The van der Waals surface area contributed by atoms with Crippen molar-refractivity contribution in [3.63, 3.8) is 0 Å². The third kappa shape index (κ3) is 2.71. The summed E-state index contributed by atoms with van der Waals surface area (Å²) in [5.41, 5.74) is 5.75. The fourth-order valence-electron chi connectivity index (χ4n) is 1.60. The van der Waals surface area contributed by atoms with E-state index in [4.69, 9.17) is 11.0 Å². The first-order chi connectivity index (χ1) is 8.04. The topological polar surface area (TPSA) is 59.0 Å². The highest BCUT2D eigenvalue weighted by molar-refractivity contribution is 5.33. The quantitative estimate of drug-likeness (QED) is 0.879. The first-order valence-corrected chi connectivity index (χ1v) is 5.23. The summed E-state index contributed by atoms with van der Waals surface area (Å²) in [6, 6.07) is 3.06. The minimum absolute atomic E-state index is 0.00306. The minimum Gasteiger partial charge on any atom is -0.494 e. The molecule has 0 fully saturated rings. The maximum absolute atomic E-state index is 13.7. The van der Waals surface area contributed by atoms with Crippen LogP contribution in [0.25, 0.3) is 0 Å². The van der Waals surface area contributed by atoms with Crippen molar-refractivity contribution >= 4 is 0 Å². The predicted molar refractivity (Wildman–Crippen MR) is 59.2 cm³/mol. The van der Waals surface area contributed by atoms with Crippen LogP contribution in [0, 0.1) is 28.9 Å². The molecule has 0 aliphatic carbocycles. The zero-order chi connectivity index (χ0) is 13.0. The lowest BCUT2D eigenvalue weighted by Gasteiger charge is -2.17. The van der Waals surface area contributed by atoms with Crippen molar-refractivity contribution in [2.45, 2.75) is 19.4 Å². The van der Waals surface area contributed by atoms with Gasteiger partial charge in [-0.15, -0.1) is 0 Å². The van der Waals surface area contributed by atoms with Crippen LogP contribution in [0.2, 0.25) is 0 Å². The standard InChI is InChI=1S/C12H14F2N2O/c1-3-7(6-15)12(16)8-4-10(14)11(17-2)5-9(8)13/h4-5,7,12H,3,16H2,1-2H3. The summed E-state index contributed by atoms with van der Waals surface area (Å²) in [6.07, 6.45) is 0.477. The highest BCUT2D eigenvalue weighted by Gasteiger charge is 2.22. The van der Waals surface area contributed by atoms with Gasteiger partial charge in [-0.3, -0.25) is 0 Å². The molecule has 0 radical (unpaired) electrons. The van der Waals surface area contributed by atoms with Gasteiger partial charge >= 0.3 is 0 Å². The van der Waals surface area contributed by atoms with Crippen molar-refractivity contribution in [1.82, 2.24) is 0 Å². The summed E-state index contributed by atoms with van der Waals surface area (Å²) in [7, 11) is 1.25. The van der Waals surface area contributed by atoms with Gasteiger partial charge in [0.1, 0.15) is 5.82 Å². The van der Waals surface area contributed by atoms with Crippen molar-refractivity contribution in [2.75, 3.05) is 7.11 Å². The molecular formula is C12H14F2N2O. The number of ether oxygens (including phenoxy) is 1. The Morgan fingerprint density at radius 1 is 1.41 bits per heavy atom. The van der Waals surface area contributed by atoms with Gasteiger partial charge in [-0.25, -0.2) is 8.78 Å². The molecule has 2 atom stereocenters. The minimum atomic E-state index is -0.842. The molecular weight excluding hydrogens is 226 g/mol. The Morgan fingerprint density at radius 2 is 2.06 bits per heavy atom. The van der Waals surface area contributed by atoms with Crippen LogP contribution < -0.4 is 10.5 Å². The summed E-state index contributed by atoms with van der Waals surface area (Å²) >= 11 is 0. The van der Waals surface area contributed by atoms with Crippen LogP contribution in [-0.4, -0.2) is 7.11 Å². The maximum atomic E-state index is 13.7. The largest absolute Gasteiger partial charge is 0.494 e. The molecule has 0 spiro atoms. The zero-order valence-electron chi connectivity index (χ0n) is 9.71. The second-order valence-electron chi connectivity index (χ2n) is 3.68. The van der Waals surface area contributed by atoms with Gasteiger partial charge in [0.05, 0.1) is 19.1 Å². The molecule has 0 saturated heterocycles. The molecule has 0 aromatic heterocycles. The second-order valence-corrected chi connectivity index (χ2v) is 3.68. The number of nitriles is 1. The SMILES string of the molecule is CCC(C#N)C(N)c1cc(F)c(OC)cc1F. The summed E-state index contributed by atoms with van der Waals surface area (Å²) in [6.45, 7) is 1.77. The Balaban J connectivity index is 3.15. The van der Waals surface area contributed by atoms with E-state index in [1.165, 1.54) is 7.11 Å². The molecule has 1 aromatic carbocycles. The molecule has 0 saturated carbocycles. The van der Waals surface area contributed by atoms with Gasteiger partial charge in [-0.2, -0.15) is 5.26 Å². The number of nitrogens with zero attached hydrogens (tertiary/aromatic N) is 1. The van der Waals surface area contributed by atoms with Crippen molar-refractivity contribution in [3.05, 3.63) is 29.3 Å². The highest BCUT2D eigenvalue weighted by Crippen LogP contribution is 2.28. The van der Waals surface area contributed by atoms with Gasteiger partial charge < -0.3 is 10.5 Å². The van der Waals surface area contributed by atoms with Crippen LogP contribution >= 0.6 is 0 Å². The van der Waals surface area contributed by atoms with Crippen LogP contribution in [0.15, 0.2) is 12.1 Å². The number of rotatable bonds is 4. The Morgan fingerprint density at radius 3 is 2.53 bits per heavy atom. The van der Waals surface area contributed by atoms with Crippen molar-refractivity contribution in [1.29, 1.82) is 5.26 Å². The Hall–Kier alpha value is -1.67. The average molecular weight is 240 g/mol. The Labute approximate surface area is 98.8 Å². The molecule has 2 N–H and O–H groups in total. The molecule has 3 nitrogen and oxygen atoms in total. The number of benzene rings is 1. The van der Waals surface area contributed by atoms with Crippen LogP contribution in [0.5, 0.6) is 5.75 Å². The van der Waals surface area contributed by atoms with E-state index in [0.29, 0.717) is 6.42 Å². The summed E-state index contributed by atoms with van der Waals surface area (Å²) < 4.78 is 31.7. The summed E-state index contributed by atoms with van der Waals surface area (Å²) in [5.74, 6) is -2.07. The molecule has 0 bridgehead atoms. The first kappa shape index (κ1) is 13.4. The number of methoxy groups -OCH3 is 1. The molecule has 5 heteroatoms.